The fraction of sp³-hybridized carbons (Fsp3) is 1.00. The Morgan fingerprint density at radius 3 is 0.750 bits per heavy atom. The molecule has 0 aromatic carbocycles. The third-order valence-corrected chi connectivity index (χ3v) is 1.000. The summed E-state index contributed by atoms with van der Waals surface area (Å²) in [5.74, 6) is 0. The van der Waals surface area contributed by atoms with Gasteiger partial charge in [0, 0.05) is 0 Å². The summed E-state index contributed by atoms with van der Waals surface area (Å²) in [6, 6.07) is 0. The van der Waals surface area contributed by atoms with E-state index >= 15 is 0 Å². The van der Waals surface area contributed by atoms with Gasteiger partial charge >= 0.3 is 8.60 Å². The van der Waals surface area contributed by atoms with E-state index in [1.54, 1.807) is 0 Å². The summed E-state index contributed by atoms with van der Waals surface area (Å²) in [6.45, 7) is 8.72. The number of hydrogen-bond donors (Lipinski definition) is 3. The highest BCUT2D eigenvalue weighted by Crippen LogP contribution is 2.11. The van der Waals surface area contributed by atoms with Crippen molar-refractivity contribution in [3.05, 3.63) is 0 Å². The van der Waals surface area contributed by atoms with Crippen LogP contribution in [-0.4, -0.2) is 14.7 Å². The molecular formula is C8H23O3P. The maximum Gasteiger partial charge on any atom is 0.324 e. The Kier molecular flexibility index (Phi) is 34.1. The summed E-state index contributed by atoms with van der Waals surface area (Å²) in [4.78, 5) is 21.7. The largest absolute Gasteiger partial charge is 0.328 e. The van der Waals surface area contributed by atoms with Crippen molar-refractivity contribution in [1.29, 1.82) is 0 Å². The van der Waals surface area contributed by atoms with Gasteiger partial charge in [-0.05, 0) is 0 Å². The van der Waals surface area contributed by atoms with Crippen molar-refractivity contribution in [3.8, 4) is 0 Å². The maximum atomic E-state index is 7.23. The molecule has 12 heavy (non-hydrogen) atoms. The summed E-state index contributed by atoms with van der Waals surface area (Å²) >= 11 is 0. The van der Waals surface area contributed by atoms with E-state index in [4.69, 9.17) is 14.7 Å². The predicted molar refractivity (Wildman–Crippen MR) is 54.7 cm³/mol. The third-order valence-electron chi connectivity index (χ3n) is 1.000. The molecule has 0 atom stereocenters. The summed E-state index contributed by atoms with van der Waals surface area (Å²) in [5, 5.41) is 0. The highest BCUT2D eigenvalue weighted by molar-refractivity contribution is 7.38. The Morgan fingerprint density at radius 1 is 0.667 bits per heavy atom. The molecule has 3 nitrogen and oxygen atoms in total. The molecule has 0 unspecified atom stereocenters. The Morgan fingerprint density at radius 2 is 0.750 bits per heavy atom. The smallest absolute Gasteiger partial charge is 0.324 e. The van der Waals surface area contributed by atoms with Crippen molar-refractivity contribution >= 4 is 8.60 Å². The van der Waals surface area contributed by atoms with Crippen molar-refractivity contribution in [2.75, 3.05) is 0 Å². The minimum Gasteiger partial charge on any atom is -0.328 e. The lowest BCUT2D eigenvalue weighted by molar-refractivity contribution is 0.368. The van der Waals surface area contributed by atoms with E-state index in [1.165, 1.54) is 25.7 Å². The molecule has 0 saturated heterocycles. The molecule has 4 heteroatoms. The fourth-order valence-corrected chi connectivity index (χ4v) is 0. The Bertz CT molecular complexity index is 40.8. The van der Waals surface area contributed by atoms with Crippen LogP contribution in [0.25, 0.3) is 0 Å². The molecule has 0 amide bonds. The van der Waals surface area contributed by atoms with Gasteiger partial charge in [0.1, 0.15) is 0 Å². The second-order valence-electron chi connectivity index (χ2n) is 2.27. The molecule has 0 spiro atoms. The normalized spacial score (nSPS) is 8.00. The van der Waals surface area contributed by atoms with Crippen molar-refractivity contribution in [3.63, 3.8) is 0 Å². The lowest BCUT2D eigenvalue weighted by atomic mass is 10.4. The van der Waals surface area contributed by atoms with Gasteiger partial charge in [-0.15, -0.1) is 0 Å². The van der Waals surface area contributed by atoms with Crippen LogP contribution in [0.1, 0.15) is 53.4 Å². The van der Waals surface area contributed by atoms with E-state index < -0.39 is 8.60 Å². The Balaban J connectivity index is -0.000000101. The molecule has 0 saturated carbocycles. The first-order chi connectivity index (χ1) is 5.56. The molecule has 0 radical (unpaired) electrons. The average Bonchev–Trinajstić information content (AvgIpc) is 2.03. The lowest BCUT2D eigenvalue weighted by Gasteiger charge is -1.76. The van der Waals surface area contributed by atoms with Gasteiger partial charge in [-0.2, -0.15) is 0 Å². The van der Waals surface area contributed by atoms with Crippen LogP contribution in [0.15, 0.2) is 0 Å². The molecule has 0 aliphatic rings. The minimum atomic E-state index is -2.62. The summed E-state index contributed by atoms with van der Waals surface area (Å²) in [5.41, 5.74) is 0. The van der Waals surface area contributed by atoms with Gasteiger partial charge in [-0.1, -0.05) is 53.4 Å². The van der Waals surface area contributed by atoms with E-state index in [0.717, 1.165) is 0 Å². The Hall–Kier alpha value is 0.310. The van der Waals surface area contributed by atoms with Crippen LogP contribution < -0.4 is 0 Å². The van der Waals surface area contributed by atoms with E-state index in [2.05, 4.69) is 27.7 Å². The molecule has 0 aliphatic heterocycles. The van der Waals surface area contributed by atoms with Crippen molar-refractivity contribution in [2.24, 2.45) is 0 Å². The van der Waals surface area contributed by atoms with Crippen LogP contribution in [0.2, 0.25) is 0 Å². The Labute approximate surface area is 77.4 Å². The molecule has 0 heterocycles. The minimum absolute atomic E-state index is 1.32. The molecule has 0 aliphatic carbocycles. The molecule has 0 fully saturated rings. The number of unbranched alkanes of at least 4 members (excludes halogenated alkanes) is 2. The number of hydrogen-bond acceptors (Lipinski definition) is 3. The van der Waals surface area contributed by atoms with Crippen LogP contribution in [0, 0.1) is 0 Å². The van der Waals surface area contributed by atoms with Crippen molar-refractivity contribution in [2.45, 2.75) is 53.4 Å². The summed E-state index contributed by atoms with van der Waals surface area (Å²) in [6.07, 6.45) is 5.28. The molecule has 0 bridgehead atoms. The second kappa shape index (κ2) is 22.5. The lowest BCUT2D eigenvalue weighted by Crippen LogP contribution is -1.54. The van der Waals surface area contributed by atoms with Crippen molar-refractivity contribution < 1.29 is 14.7 Å². The van der Waals surface area contributed by atoms with E-state index in [1.807, 2.05) is 0 Å². The molecule has 0 aromatic rings. The molecule has 0 aromatic heterocycles. The van der Waals surface area contributed by atoms with Crippen LogP contribution in [0.3, 0.4) is 0 Å². The monoisotopic (exact) mass is 198 g/mol. The van der Waals surface area contributed by atoms with E-state index in [9.17, 15) is 0 Å². The highest BCUT2D eigenvalue weighted by Gasteiger charge is 1.76. The molecular weight excluding hydrogens is 175 g/mol. The van der Waals surface area contributed by atoms with Crippen LogP contribution >= 0.6 is 8.60 Å². The molecule has 0 rings (SSSR count). The first-order valence-corrected chi connectivity index (χ1v) is 5.63. The average molecular weight is 198 g/mol. The van der Waals surface area contributed by atoms with Crippen LogP contribution in [0.4, 0.5) is 0 Å². The van der Waals surface area contributed by atoms with Gasteiger partial charge in [0.15, 0.2) is 0 Å². The van der Waals surface area contributed by atoms with Crippen LogP contribution in [-0.2, 0) is 0 Å². The van der Waals surface area contributed by atoms with Gasteiger partial charge in [0.25, 0.3) is 0 Å². The summed E-state index contributed by atoms with van der Waals surface area (Å²) < 4.78 is 0. The first kappa shape index (κ1) is 18.2. The van der Waals surface area contributed by atoms with Gasteiger partial charge in [-0.3, -0.25) is 0 Å². The first-order valence-electron chi connectivity index (χ1n) is 4.43. The van der Waals surface area contributed by atoms with Crippen molar-refractivity contribution in [1.82, 2.24) is 0 Å². The van der Waals surface area contributed by atoms with Gasteiger partial charge in [0.05, 0.1) is 0 Å². The zero-order valence-electron chi connectivity index (χ0n) is 8.62. The van der Waals surface area contributed by atoms with Gasteiger partial charge < -0.3 is 14.7 Å². The quantitative estimate of drug-likeness (QED) is 0.598. The summed E-state index contributed by atoms with van der Waals surface area (Å²) in [7, 11) is -2.62. The zero-order chi connectivity index (χ0) is 10.4. The van der Waals surface area contributed by atoms with Gasteiger partial charge in [-0.25, -0.2) is 0 Å². The SMILES string of the molecule is CCCC.CCCC.OP(O)O. The number of rotatable bonds is 2. The predicted octanol–water partition coefficient (Wildman–Crippen LogP) is 2.80. The zero-order valence-corrected chi connectivity index (χ0v) is 9.51. The van der Waals surface area contributed by atoms with E-state index in [-0.39, 0.29) is 0 Å². The highest BCUT2D eigenvalue weighted by atomic mass is 31.2. The molecule has 78 valence electrons. The van der Waals surface area contributed by atoms with Gasteiger partial charge in [0.2, 0.25) is 0 Å². The topological polar surface area (TPSA) is 60.7 Å². The van der Waals surface area contributed by atoms with Crippen LogP contribution in [0.5, 0.6) is 0 Å². The fourth-order valence-electron chi connectivity index (χ4n) is 0. The standard InChI is InChI=1S/2C4H10.H3O3P/c2*1-3-4-2;1-4(2)3/h2*3-4H2,1-2H3;1-3H. The third kappa shape index (κ3) is 167. The maximum absolute atomic E-state index is 7.23. The second-order valence-corrected chi connectivity index (χ2v) is 2.80. The van der Waals surface area contributed by atoms with E-state index in [0.29, 0.717) is 0 Å². The molecule has 3 N–H and O–H groups in total.